The SMILES string of the molecule is CC(C)(C)C(N)=NCCc1ccc(Cl)cc1Cl. The van der Waals surface area contributed by atoms with E-state index in [1.165, 1.54) is 0 Å². The van der Waals surface area contributed by atoms with Crippen molar-refractivity contribution in [3.63, 3.8) is 0 Å². The topological polar surface area (TPSA) is 38.4 Å². The van der Waals surface area contributed by atoms with Gasteiger partial charge in [0.1, 0.15) is 0 Å². The number of nitrogens with two attached hydrogens (primary N) is 1. The average molecular weight is 273 g/mol. The molecule has 0 saturated carbocycles. The zero-order valence-electron chi connectivity index (χ0n) is 10.4. The second-order valence-electron chi connectivity index (χ2n) is 5.00. The molecular formula is C13H18Cl2N2. The van der Waals surface area contributed by atoms with Gasteiger partial charge in [-0.3, -0.25) is 4.99 Å². The van der Waals surface area contributed by atoms with Gasteiger partial charge in [0, 0.05) is 22.0 Å². The number of aliphatic imine (C=N–C) groups is 1. The van der Waals surface area contributed by atoms with E-state index >= 15 is 0 Å². The molecule has 1 rings (SSSR count). The summed E-state index contributed by atoms with van der Waals surface area (Å²) in [6.45, 7) is 6.77. The number of amidine groups is 1. The van der Waals surface area contributed by atoms with E-state index in [-0.39, 0.29) is 5.41 Å². The first-order valence-electron chi connectivity index (χ1n) is 5.55. The van der Waals surface area contributed by atoms with Crippen molar-refractivity contribution in [1.29, 1.82) is 0 Å². The van der Waals surface area contributed by atoms with Crippen LogP contribution in [0.15, 0.2) is 23.2 Å². The van der Waals surface area contributed by atoms with Crippen molar-refractivity contribution >= 4 is 29.0 Å². The van der Waals surface area contributed by atoms with Crippen LogP contribution in [0.1, 0.15) is 26.3 Å². The maximum Gasteiger partial charge on any atom is 0.0991 e. The molecule has 0 aliphatic carbocycles. The molecule has 0 amide bonds. The van der Waals surface area contributed by atoms with Gasteiger partial charge in [-0.2, -0.15) is 0 Å². The molecule has 1 aromatic rings. The third-order valence-corrected chi connectivity index (χ3v) is 3.03. The highest BCUT2D eigenvalue weighted by Crippen LogP contribution is 2.21. The molecule has 2 nitrogen and oxygen atoms in total. The highest BCUT2D eigenvalue weighted by Gasteiger charge is 2.14. The zero-order valence-corrected chi connectivity index (χ0v) is 11.9. The standard InChI is InChI=1S/C13H18Cl2N2/c1-13(2,3)12(16)17-7-6-9-4-5-10(14)8-11(9)15/h4-5,8H,6-7H2,1-3H3,(H2,16,17). The number of halogens is 2. The van der Waals surface area contributed by atoms with E-state index in [2.05, 4.69) is 4.99 Å². The van der Waals surface area contributed by atoms with Crippen LogP contribution in [0.4, 0.5) is 0 Å². The maximum atomic E-state index is 6.07. The Morgan fingerprint density at radius 2 is 1.94 bits per heavy atom. The van der Waals surface area contributed by atoms with Crippen molar-refractivity contribution in [2.45, 2.75) is 27.2 Å². The van der Waals surface area contributed by atoms with Crippen molar-refractivity contribution in [3.8, 4) is 0 Å². The van der Waals surface area contributed by atoms with Crippen molar-refractivity contribution in [3.05, 3.63) is 33.8 Å². The minimum absolute atomic E-state index is 0.0796. The average Bonchev–Trinajstić information content (AvgIpc) is 2.19. The minimum Gasteiger partial charge on any atom is -0.387 e. The summed E-state index contributed by atoms with van der Waals surface area (Å²) in [7, 11) is 0. The molecule has 0 bridgehead atoms. The molecule has 4 heteroatoms. The van der Waals surface area contributed by atoms with E-state index in [4.69, 9.17) is 28.9 Å². The highest BCUT2D eigenvalue weighted by molar-refractivity contribution is 6.35. The normalized spacial score (nSPS) is 12.9. The molecule has 1 aromatic carbocycles. The Balaban J connectivity index is 2.63. The van der Waals surface area contributed by atoms with Crippen molar-refractivity contribution in [1.82, 2.24) is 0 Å². The van der Waals surface area contributed by atoms with Crippen LogP contribution in [0.5, 0.6) is 0 Å². The van der Waals surface area contributed by atoms with E-state index in [9.17, 15) is 0 Å². The van der Waals surface area contributed by atoms with Crippen LogP contribution in [0, 0.1) is 5.41 Å². The fourth-order valence-electron chi connectivity index (χ4n) is 1.26. The number of hydrogen-bond acceptors (Lipinski definition) is 1. The van der Waals surface area contributed by atoms with Gasteiger partial charge in [0.05, 0.1) is 5.84 Å². The lowest BCUT2D eigenvalue weighted by atomic mass is 9.95. The molecule has 0 spiro atoms. The Hall–Kier alpha value is -0.730. The molecule has 0 aromatic heterocycles. The van der Waals surface area contributed by atoms with Crippen LogP contribution < -0.4 is 5.73 Å². The van der Waals surface area contributed by atoms with Crippen LogP contribution in [-0.4, -0.2) is 12.4 Å². The summed E-state index contributed by atoms with van der Waals surface area (Å²) in [4.78, 5) is 4.36. The number of hydrogen-bond donors (Lipinski definition) is 1. The van der Waals surface area contributed by atoms with Crippen LogP contribution in [-0.2, 0) is 6.42 Å². The molecular weight excluding hydrogens is 255 g/mol. The first-order chi connectivity index (χ1) is 7.80. The van der Waals surface area contributed by atoms with Gasteiger partial charge in [-0.1, -0.05) is 50.0 Å². The van der Waals surface area contributed by atoms with Gasteiger partial charge in [0.25, 0.3) is 0 Å². The van der Waals surface area contributed by atoms with E-state index in [1.54, 1.807) is 6.07 Å². The van der Waals surface area contributed by atoms with Gasteiger partial charge in [0.15, 0.2) is 0 Å². The summed E-state index contributed by atoms with van der Waals surface area (Å²) in [6, 6.07) is 5.50. The zero-order chi connectivity index (χ0) is 13.1. The highest BCUT2D eigenvalue weighted by atomic mass is 35.5. The summed E-state index contributed by atoms with van der Waals surface area (Å²) in [5.74, 6) is 0.669. The van der Waals surface area contributed by atoms with Crippen LogP contribution in [0.3, 0.4) is 0 Å². The number of rotatable bonds is 3. The summed E-state index contributed by atoms with van der Waals surface area (Å²) in [6.07, 6.45) is 0.771. The minimum atomic E-state index is -0.0796. The molecule has 0 aliphatic rings. The fourth-order valence-corrected chi connectivity index (χ4v) is 1.76. The lowest BCUT2D eigenvalue weighted by molar-refractivity contribution is 0.581. The van der Waals surface area contributed by atoms with Crippen molar-refractivity contribution < 1.29 is 0 Å². The smallest absolute Gasteiger partial charge is 0.0991 e. The Kier molecular flexibility index (Phi) is 4.84. The van der Waals surface area contributed by atoms with Gasteiger partial charge < -0.3 is 5.73 Å². The molecule has 17 heavy (non-hydrogen) atoms. The predicted octanol–water partition coefficient (Wildman–Crippen LogP) is 3.94. The molecule has 2 N–H and O–H groups in total. The Bertz CT molecular complexity index is 420. The van der Waals surface area contributed by atoms with Gasteiger partial charge in [-0.15, -0.1) is 0 Å². The summed E-state index contributed by atoms with van der Waals surface area (Å²) >= 11 is 11.9. The van der Waals surface area contributed by atoms with Gasteiger partial charge in [-0.25, -0.2) is 0 Å². The van der Waals surface area contributed by atoms with Gasteiger partial charge in [0.2, 0.25) is 0 Å². The molecule has 0 saturated heterocycles. The third-order valence-electron chi connectivity index (χ3n) is 2.45. The van der Waals surface area contributed by atoms with Crippen molar-refractivity contribution in [2.75, 3.05) is 6.54 Å². The maximum absolute atomic E-state index is 6.07. The van der Waals surface area contributed by atoms with E-state index in [0.717, 1.165) is 12.0 Å². The molecule has 0 atom stereocenters. The van der Waals surface area contributed by atoms with Crippen molar-refractivity contribution in [2.24, 2.45) is 16.1 Å². The third kappa shape index (κ3) is 4.57. The summed E-state index contributed by atoms with van der Waals surface area (Å²) in [5, 5.41) is 1.33. The predicted molar refractivity (Wildman–Crippen MR) is 76.1 cm³/mol. The van der Waals surface area contributed by atoms with Crippen LogP contribution in [0.2, 0.25) is 10.0 Å². The largest absolute Gasteiger partial charge is 0.387 e. The van der Waals surface area contributed by atoms with E-state index in [0.29, 0.717) is 22.4 Å². The fraction of sp³-hybridized carbons (Fsp3) is 0.462. The Labute approximate surface area is 113 Å². The lowest BCUT2D eigenvalue weighted by Gasteiger charge is -2.17. The van der Waals surface area contributed by atoms with Crippen LogP contribution in [0.25, 0.3) is 0 Å². The van der Waals surface area contributed by atoms with Gasteiger partial charge >= 0.3 is 0 Å². The summed E-state index contributed by atoms with van der Waals surface area (Å²) < 4.78 is 0. The molecule has 0 unspecified atom stereocenters. The van der Waals surface area contributed by atoms with E-state index in [1.807, 2.05) is 32.9 Å². The first-order valence-corrected chi connectivity index (χ1v) is 6.30. The molecule has 0 fully saturated rings. The molecule has 0 radical (unpaired) electrons. The second kappa shape index (κ2) is 5.74. The number of benzene rings is 1. The van der Waals surface area contributed by atoms with E-state index < -0.39 is 0 Å². The van der Waals surface area contributed by atoms with Crippen LogP contribution >= 0.6 is 23.2 Å². The Morgan fingerprint density at radius 1 is 1.29 bits per heavy atom. The quantitative estimate of drug-likeness (QED) is 0.657. The number of nitrogens with zero attached hydrogens (tertiary/aromatic N) is 1. The monoisotopic (exact) mass is 272 g/mol. The molecule has 0 heterocycles. The first kappa shape index (κ1) is 14.3. The second-order valence-corrected chi connectivity index (χ2v) is 5.85. The summed E-state index contributed by atoms with van der Waals surface area (Å²) in [5.41, 5.74) is 6.84. The molecule has 94 valence electrons. The molecule has 0 aliphatic heterocycles. The van der Waals surface area contributed by atoms with Gasteiger partial charge in [-0.05, 0) is 24.1 Å². The lowest BCUT2D eigenvalue weighted by Crippen LogP contribution is -2.29. The Morgan fingerprint density at radius 3 is 2.47 bits per heavy atom.